The topological polar surface area (TPSA) is 0 Å². The lowest BCUT2D eigenvalue weighted by Gasteiger charge is -1.97. The van der Waals surface area contributed by atoms with Crippen LogP contribution in [-0.2, 0) is 6.42 Å². The molecule has 0 heterocycles. The molecule has 1 heteroatoms. The number of hydrogen-bond donors (Lipinski definition) is 0. The molecule has 0 radical (unpaired) electrons. The second kappa shape index (κ2) is 5.98. The van der Waals surface area contributed by atoms with Gasteiger partial charge in [-0.1, -0.05) is 59.3 Å². The zero-order valence-corrected chi connectivity index (χ0v) is 9.55. The van der Waals surface area contributed by atoms with E-state index in [0.29, 0.717) is 0 Å². The van der Waals surface area contributed by atoms with Crippen LogP contribution in [0.25, 0.3) is 6.08 Å². The van der Waals surface area contributed by atoms with Crippen LogP contribution >= 0.6 is 15.9 Å². The number of halogens is 1. The molecule has 70 valence electrons. The Labute approximate surface area is 88.8 Å². The van der Waals surface area contributed by atoms with E-state index in [1.54, 1.807) is 0 Å². The van der Waals surface area contributed by atoms with E-state index in [-0.39, 0.29) is 0 Å². The largest absolute Gasteiger partial charge is 0.0925 e. The molecule has 0 aliphatic rings. The lowest BCUT2D eigenvalue weighted by Crippen LogP contribution is -1.80. The van der Waals surface area contributed by atoms with E-state index in [2.05, 4.69) is 59.3 Å². The second-order valence-electron chi connectivity index (χ2n) is 2.98. The Kier molecular flexibility index (Phi) is 4.84. The van der Waals surface area contributed by atoms with Gasteiger partial charge in [0, 0.05) is 5.33 Å². The minimum atomic E-state index is 1.04. The molecule has 0 unspecified atom stereocenters. The number of aryl methyl sites for hydroxylation is 1. The summed E-state index contributed by atoms with van der Waals surface area (Å²) in [6.45, 7) is 2.18. The molecule has 0 atom stereocenters. The van der Waals surface area contributed by atoms with Gasteiger partial charge in [0.15, 0.2) is 0 Å². The first-order valence-electron chi connectivity index (χ1n) is 4.68. The quantitative estimate of drug-likeness (QED) is 0.695. The third-order valence-electron chi connectivity index (χ3n) is 1.95. The van der Waals surface area contributed by atoms with E-state index in [0.717, 1.165) is 18.2 Å². The standard InChI is InChI=1S/C12H15Br/c1-2-11-7-5-8-12(10-11)6-3-4-9-13/h3,5-8,10H,2,4,9H2,1H3. The normalized spacial score (nSPS) is 10.9. The summed E-state index contributed by atoms with van der Waals surface area (Å²) in [5.74, 6) is 0. The molecule has 13 heavy (non-hydrogen) atoms. The van der Waals surface area contributed by atoms with Crippen molar-refractivity contribution in [1.82, 2.24) is 0 Å². The predicted octanol–water partition coefficient (Wildman–Crippen LogP) is 4.05. The Morgan fingerprint density at radius 2 is 2.23 bits per heavy atom. The van der Waals surface area contributed by atoms with Gasteiger partial charge in [-0.15, -0.1) is 0 Å². The Morgan fingerprint density at radius 3 is 2.92 bits per heavy atom. The molecular formula is C12H15Br. The minimum Gasteiger partial charge on any atom is -0.0925 e. The highest BCUT2D eigenvalue weighted by Gasteiger charge is 1.89. The van der Waals surface area contributed by atoms with Gasteiger partial charge in [-0.2, -0.15) is 0 Å². The smallest absolute Gasteiger partial charge is 0.00660 e. The maximum absolute atomic E-state index is 3.40. The van der Waals surface area contributed by atoms with Crippen LogP contribution in [0.15, 0.2) is 30.3 Å². The molecule has 0 fully saturated rings. The first-order valence-corrected chi connectivity index (χ1v) is 5.80. The number of allylic oxidation sites excluding steroid dienone is 1. The van der Waals surface area contributed by atoms with Crippen molar-refractivity contribution in [2.45, 2.75) is 19.8 Å². The van der Waals surface area contributed by atoms with Gasteiger partial charge in [-0.3, -0.25) is 0 Å². The number of rotatable bonds is 4. The van der Waals surface area contributed by atoms with Crippen LogP contribution < -0.4 is 0 Å². The Morgan fingerprint density at radius 1 is 1.38 bits per heavy atom. The van der Waals surface area contributed by atoms with Crippen LogP contribution in [0.4, 0.5) is 0 Å². The van der Waals surface area contributed by atoms with Gasteiger partial charge < -0.3 is 0 Å². The summed E-state index contributed by atoms with van der Waals surface area (Å²) < 4.78 is 0. The van der Waals surface area contributed by atoms with Crippen molar-refractivity contribution in [3.63, 3.8) is 0 Å². The summed E-state index contributed by atoms with van der Waals surface area (Å²) in [7, 11) is 0. The Bertz CT molecular complexity index is 276. The van der Waals surface area contributed by atoms with E-state index < -0.39 is 0 Å². The molecule has 0 spiro atoms. The number of benzene rings is 1. The van der Waals surface area contributed by atoms with Gasteiger partial charge in [-0.25, -0.2) is 0 Å². The van der Waals surface area contributed by atoms with Gasteiger partial charge in [-0.05, 0) is 24.0 Å². The van der Waals surface area contributed by atoms with Gasteiger partial charge in [0.05, 0.1) is 0 Å². The molecule has 0 bridgehead atoms. The molecule has 0 aliphatic carbocycles. The third kappa shape index (κ3) is 3.77. The Hall–Kier alpha value is -0.560. The summed E-state index contributed by atoms with van der Waals surface area (Å²) in [6, 6.07) is 8.67. The molecular weight excluding hydrogens is 224 g/mol. The first kappa shape index (κ1) is 10.5. The summed E-state index contributed by atoms with van der Waals surface area (Å²) >= 11 is 3.40. The van der Waals surface area contributed by atoms with E-state index in [1.165, 1.54) is 11.1 Å². The summed E-state index contributed by atoms with van der Waals surface area (Å²) in [5.41, 5.74) is 2.71. The van der Waals surface area contributed by atoms with Crippen LogP contribution in [0.1, 0.15) is 24.5 Å². The molecule has 1 aromatic carbocycles. The van der Waals surface area contributed by atoms with Crippen molar-refractivity contribution in [3.05, 3.63) is 41.5 Å². The summed E-state index contributed by atoms with van der Waals surface area (Å²) in [6.07, 6.45) is 6.58. The average molecular weight is 239 g/mol. The van der Waals surface area contributed by atoms with Crippen LogP contribution in [0.3, 0.4) is 0 Å². The zero-order valence-electron chi connectivity index (χ0n) is 7.96. The summed E-state index contributed by atoms with van der Waals surface area (Å²) in [5, 5.41) is 1.04. The van der Waals surface area contributed by atoms with Gasteiger partial charge >= 0.3 is 0 Å². The molecule has 1 rings (SSSR count). The number of hydrogen-bond acceptors (Lipinski definition) is 0. The maximum atomic E-state index is 3.40. The highest BCUT2D eigenvalue weighted by atomic mass is 79.9. The van der Waals surface area contributed by atoms with Crippen LogP contribution in [0, 0.1) is 0 Å². The lowest BCUT2D eigenvalue weighted by molar-refractivity contribution is 1.14. The predicted molar refractivity (Wildman–Crippen MR) is 63.3 cm³/mol. The van der Waals surface area contributed by atoms with Crippen molar-refractivity contribution in [3.8, 4) is 0 Å². The molecule has 0 aliphatic heterocycles. The third-order valence-corrected chi connectivity index (χ3v) is 2.40. The van der Waals surface area contributed by atoms with Crippen molar-refractivity contribution < 1.29 is 0 Å². The van der Waals surface area contributed by atoms with E-state index in [1.807, 2.05) is 0 Å². The lowest BCUT2D eigenvalue weighted by atomic mass is 10.1. The van der Waals surface area contributed by atoms with Crippen LogP contribution in [-0.4, -0.2) is 5.33 Å². The monoisotopic (exact) mass is 238 g/mol. The van der Waals surface area contributed by atoms with E-state index in [4.69, 9.17) is 0 Å². The summed E-state index contributed by atoms with van der Waals surface area (Å²) in [4.78, 5) is 0. The first-order chi connectivity index (χ1) is 6.36. The van der Waals surface area contributed by atoms with E-state index in [9.17, 15) is 0 Å². The van der Waals surface area contributed by atoms with Crippen molar-refractivity contribution in [1.29, 1.82) is 0 Å². The van der Waals surface area contributed by atoms with E-state index >= 15 is 0 Å². The van der Waals surface area contributed by atoms with Gasteiger partial charge in [0.2, 0.25) is 0 Å². The fraction of sp³-hybridized carbons (Fsp3) is 0.333. The maximum Gasteiger partial charge on any atom is 0.00660 e. The van der Waals surface area contributed by atoms with Gasteiger partial charge in [0.25, 0.3) is 0 Å². The van der Waals surface area contributed by atoms with Gasteiger partial charge in [0.1, 0.15) is 0 Å². The van der Waals surface area contributed by atoms with Crippen LogP contribution in [0.5, 0.6) is 0 Å². The molecule has 0 saturated carbocycles. The molecule has 0 nitrogen and oxygen atoms in total. The van der Waals surface area contributed by atoms with Crippen molar-refractivity contribution >= 4 is 22.0 Å². The van der Waals surface area contributed by atoms with Crippen molar-refractivity contribution in [2.24, 2.45) is 0 Å². The fourth-order valence-corrected chi connectivity index (χ4v) is 1.46. The molecule has 0 saturated heterocycles. The molecule has 0 amide bonds. The molecule has 1 aromatic rings. The zero-order chi connectivity index (χ0) is 9.52. The highest BCUT2D eigenvalue weighted by Crippen LogP contribution is 2.08. The molecule has 0 N–H and O–H groups in total. The average Bonchev–Trinajstić information content (AvgIpc) is 2.19. The fourth-order valence-electron chi connectivity index (χ4n) is 1.20. The highest BCUT2D eigenvalue weighted by molar-refractivity contribution is 9.09. The Balaban J connectivity index is 2.66. The number of alkyl halides is 1. The minimum absolute atomic E-state index is 1.04. The molecule has 0 aromatic heterocycles. The van der Waals surface area contributed by atoms with Crippen LogP contribution in [0.2, 0.25) is 0 Å². The van der Waals surface area contributed by atoms with Crippen molar-refractivity contribution in [2.75, 3.05) is 5.33 Å². The SMILES string of the molecule is CCc1cccc(C=CCCBr)c1. The second-order valence-corrected chi connectivity index (χ2v) is 3.77.